The molecule has 1 amide bonds. The van der Waals surface area contributed by atoms with Gasteiger partial charge < -0.3 is 4.90 Å². The summed E-state index contributed by atoms with van der Waals surface area (Å²) in [5, 5.41) is 8.85. The average molecular weight is 322 g/mol. The van der Waals surface area contributed by atoms with Crippen LogP contribution in [0.5, 0.6) is 0 Å². The van der Waals surface area contributed by atoms with Gasteiger partial charge in [-0.05, 0) is 48.2 Å². The minimum Gasteiger partial charge on any atom is -0.341 e. The highest BCUT2D eigenvalue weighted by atomic mass is 19.1. The number of carbonyl (C=O) groups is 1. The molecular weight excluding hydrogens is 303 g/mol. The van der Waals surface area contributed by atoms with Crippen LogP contribution in [0.25, 0.3) is 0 Å². The maximum atomic E-state index is 13.2. The number of amides is 1. The standard InChI is InChI=1S/C20H19FN2O/c1-23(14-16-5-3-15(13-22)4-6-16)19(24)20(11-2-12-20)17-7-9-18(21)10-8-17/h3-10H,2,11-12,14H2,1H3. The smallest absolute Gasteiger partial charge is 0.233 e. The Kier molecular flexibility index (Phi) is 4.35. The van der Waals surface area contributed by atoms with Crippen LogP contribution in [0.2, 0.25) is 0 Å². The lowest BCUT2D eigenvalue weighted by Gasteiger charge is -2.43. The molecule has 0 N–H and O–H groups in total. The van der Waals surface area contributed by atoms with Gasteiger partial charge in [0.25, 0.3) is 0 Å². The maximum Gasteiger partial charge on any atom is 0.233 e. The Morgan fingerprint density at radius 1 is 1.17 bits per heavy atom. The lowest BCUT2D eigenvalue weighted by molar-refractivity contribution is -0.140. The lowest BCUT2D eigenvalue weighted by atomic mass is 9.63. The molecular formula is C20H19FN2O. The number of halogens is 1. The summed E-state index contributed by atoms with van der Waals surface area (Å²) in [5.41, 5.74) is 1.97. The molecule has 4 heteroatoms. The topological polar surface area (TPSA) is 44.1 Å². The zero-order chi connectivity index (χ0) is 17.2. The molecule has 0 aliphatic heterocycles. The first-order valence-electron chi connectivity index (χ1n) is 8.06. The largest absolute Gasteiger partial charge is 0.341 e. The molecule has 3 nitrogen and oxygen atoms in total. The summed E-state index contributed by atoms with van der Waals surface area (Å²) in [4.78, 5) is 14.8. The predicted octanol–water partition coefficient (Wildman–Crippen LogP) is 3.78. The molecule has 0 aromatic heterocycles. The Balaban J connectivity index is 1.78. The van der Waals surface area contributed by atoms with Gasteiger partial charge in [0, 0.05) is 13.6 Å². The molecule has 0 heterocycles. The van der Waals surface area contributed by atoms with Crippen molar-refractivity contribution in [2.45, 2.75) is 31.2 Å². The van der Waals surface area contributed by atoms with Gasteiger partial charge in [-0.1, -0.05) is 30.7 Å². The van der Waals surface area contributed by atoms with Gasteiger partial charge in [0.2, 0.25) is 5.91 Å². The molecule has 2 aromatic rings. The molecule has 1 saturated carbocycles. The highest BCUT2D eigenvalue weighted by Crippen LogP contribution is 2.45. The van der Waals surface area contributed by atoms with E-state index in [1.165, 1.54) is 12.1 Å². The second kappa shape index (κ2) is 6.45. The summed E-state index contributed by atoms with van der Waals surface area (Å²) in [5.74, 6) is -0.212. The van der Waals surface area contributed by atoms with E-state index in [-0.39, 0.29) is 11.7 Å². The van der Waals surface area contributed by atoms with Crippen LogP contribution in [0, 0.1) is 17.1 Å². The summed E-state index contributed by atoms with van der Waals surface area (Å²) in [7, 11) is 1.80. The zero-order valence-corrected chi connectivity index (χ0v) is 13.6. The highest BCUT2D eigenvalue weighted by Gasteiger charge is 2.46. The van der Waals surface area contributed by atoms with E-state index in [1.54, 1.807) is 36.2 Å². The monoisotopic (exact) mass is 322 g/mol. The van der Waals surface area contributed by atoms with Crippen LogP contribution in [0.3, 0.4) is 0 Å². The average Bonchev–Trinajstić information content (AvgIpc) is 2.56. The zero-order valence-electron chi connectivity index (χ0n) is 13.6. The summed E-state index contributed by atoms with van der Waals surface area (Å²) < 4.78 is 13.2. The molecule has 0 atom stereocenters. The first kappa shape index (κ1) is 16.2. The SMILES string of the molecule is CN(Cc1ccc(C#N)cc1)C(=O)C1(c2ccc(F)cc2)CCC1. The van der Waals surface area contributed by atoms with Gasteiger partial charge in [0.15, 0.2) is 0 Å². The van der Waals surface area contributed by atoms with Crippen LogP contribution < -0.4 is 0 Å². The van der Waals surface area contributed by atoms with Gasteiger partial charge in [-0.25, -0.2) is 4.39 Å². The first-order chi connectivity index (χ1) is 11.5. The Morgan fingerprint density at radius 3 is 2.29 bits per heavy atom. The van der Waals surface area contributed by atoms with E-state index in [9.17, 15) is 9.18 Å². The second-order valence-electron chi connectivity index (χ2n) is 6.41. The third kappa shape index (κ3) is 2.90. The minimum atomic E-state index is -0.519. The summed E-state index contributed by atoms with van der Waals surface area (Å²) in [6, 6.07) is 15.6. The number of benzene rings is 2. The van der Waals surface area contributed by atoms with E-state index < -0.39 is 5.41 Å². The number of rotatable bonds is 4. The van der Waals surface area contributed by atoms with Crippen molar-refractivity contribution in [2.75, 3.05) is 7.05 Å². The number of hydrogen-bond acceptors (Lipinski definition) is 2. The maximum absolute atomic E-state index is 13.2. The van der Waals surface area contributed by atoms with Gasteiger partial charge in [-0.3, -0.25) is 4.79 Å². The van der Waals surface area contributed by atoms with Crippen molar-refractivity contribution < 1.29 is 9.18 Å². The van der Waals surface area contributed by atoms with Gasteiger partial charge in [0.05, 0.1) is 17.0 Å². The van der Waals surface area contributed by atoms with Crippen molar-refractivity contribution in [2.24, 2.45) is 0 Å². The molecule has 0 unspecified atom stereocenters. The molecule has 0 bridgehead atoms. The van der Waals surface area contributed by atoms with Gasteiger partial charge in [-0.15, -0.1) is 0 Å². The van der Waals surface area contributed by atoms with Crippen LogP contribution in [0.1, 0.15) is 36.0 Å². The Labute approximate surface area is 141 Å². The summed E-state index contributed by atoms with van der Waals surface area (Å²) in [6.45, 7) is 0.494. The van der Waals surface area contributed by atoms with Gasteiger partial charge >= 0.3 is 0 Å². The first-order valence-corrected chi connectivity index (χ1v) is 8.06. The molecule has 0 radical (unpaired) electrons. The predicted molar refractivity (Wildman–Crippen MR) is 89.6 cm³/mol. The lowest BCUT2D eigenvalue weighted by Crippen LogP contribution is -2.49. The molecule has 24 heavy (non-hydrogen) atoms. The van der Waals surface area contributed by atoms with Crippen molar-refractivity contribution in [3.05, 3.63) is 71.0 Å². The van der Waals surface area contributed by atoms with E-state index in [0.29, 0.717) is 12.1 Å². The quantitative estimate of drug-likeness (QED) is 0.860. The van der Waals surface area contributed by atoms with E-state index in [0.717, 1.165) is 30.4 Å². The normalized spacial score (nSPS) is 15.2. The van der Waals surface area contributed by atoms with Crippen LogP contribution in [0.4, 0.5) is 4.39 Å². The summed E-state index contributed by atoms with van der Waals surface area (Å²) in [6.07, 6.45) is 2.61. The fourth-order valence-corrected chi connectivity index (χ4v) is 3.32. The number of likely N-dealkylation sites (N-methyl/N-ethyl adjacent to an activating group) is 1. The van der Waals surface area contributed by atoms with Crippen LogP contribution in [-0.2, 0) is 16.8 Å². The third-order valence-electron chi connectivity index (χ3n) is 4.86. The minimum absolute atomic E-state index is 0.0738. The van der Waals surface area contributed by atoms with Crippen molar-refractivity contribution in [3.8, 4) is 6.07 Å². The molecule has 1 fully saturated rings. The van der Waals surface area contributed by atoms with Crippen molar-refractivity contribution >= 4 is 5.91 Å². The Bertz CT molecular complexity index is 771. The van der Waals surface area contributed by atoms with Crippen LogP contribution >= 0.6 is 0 Å². The second-order valence-corrected chi connectivity index (χ2v) is 6.41. The van der Waals surface area contributed by atoms with Gasteiger partial charge in [-0.2, -0.15) is 5.26 Å². The fraction of sp³-hybridized carbons (Fsp3) is 0.300. The highest BCUT2D eigenvalue weighted by molar-refractivity contribution is 5.89. The number of hydrogen-bond donors (Lipinski definition) is 0. The van der Waals surface area contributed by atoms with Crippen molar-refractivity contribution in [1.82, 2.24) is 4.90 Å². The van der Waals surface area contributed by atoms with Crippen LogP contribution in [0.15, 0.2) is 48.5 Å². The fourth-order valence-electron chi connectivity index (χ4n) is 3.32. The van der Waals surface area contributed by atoms with Crippen LogP contribution in [-0.4, -0.2) is 17.9 Å². The number of carbonyl (C=O) groups excluding carboxylic acids is 1. The Morgan fingerprint density at radius 2 is 1.79 bits per heavy atom. The molecule has 0 spiro atoms. The molecule has 0 saturated heterocycles. The number of nitriles is 1. The van der Waals surface area contributed by atoms with E-state index >= 15 is 0 Å². The van der Waals surface area contributed by atoms with Crippen molar-refractivity contribution in [3.63, 3.8) is 0 Å². The Hall–Kier alpha value is -2.67. The molecule has 122 valence electrons. The van der Waals surface area contributed by atoms with E-state index in [2.05, 4.69) is 6.07 Å². The third-order valence-corrected chi connectivity index (χ3v) is 4.86. The summed E-state index contributed by atoms with van der Waals surface area (Å²) >= 11 is 0. The van der Waals surface area contributed by atoms with Crippen molar-refractivity contribution in [1.29, 1.82) is 5.26 Å². The molecule has 1 aliphatic rings. The molecule has 1 aliphatic carbocycles. The van der Waals surface area contributed by atoms with Gasteiger partial charge in [0.1, 0.15) is 5.82 Å². The number of nitrogens with zero attached hydrogens (tertiary/aromatic N) is 2. The van der Waals surface area contributed by atoms with E-state index in [4.69, 9.17) is 5.26 Å². The molecule has 2 aromatic carbocycles. The van der Waals surface area contributed by atoms with E-state index in [1.807, 2.05) is 12.1 Å². The molecule has 3 rings (SSSR count).